The molecule has 174 valence electrons. The van der Waals surface area contributed by atoms with Crippen molar-refractivity contribution in [2.75, 3.05) is 5.73 Å². The number of anilines is 1. The first-order chi connectivity index (χ1) is 16.7. The standard InChI is InChI=1S/C24H25N7OS2/c1-2-12-30-22(32)14-8-6-7-10-16(14)31-23(30)28-29-24(31)33-13-18-26-20(25)19-15-9-4-3-5-11-17(15)34-21(19)27-18/h6-8,10H,2-5,9,11-13H2,1H3,(H2,25,26,27). The maximum Gasteiger partial charge on any atom is 0.262 e. The smallest absolute Gasteiger partial charge is 0.262 e. The summed E-state index contributed by atoms with van der Waals surface area (Å²) in [5.41, 5.74) is 8.57. The van der Waals surface area contributed by atoms with Crippen LogP contribution in [-0.4, -0.2) is 29.1 Å². The van der Waals surface area contributed by atoms with Crippen molar-refractivity contribution in [3.05, 3.63) is 50.9 Å². The minimum Gasteiger partial charge on any atom is -0.383 e. The van der Waals surface area contributed by atoms with Crippen LogP contribution in [-0.2, 0) is 25.1 Å². The van der Waals surface area contributed by atoms with Gasteiger partial charge >= 0.3 is 0 Å². The molecule has 0 bridgehead atoms. The first kappa shape index (κ1) is 21.5. The van der Waals surface area contributed by atoms with E-state index >= 15 is 0 Å². The predicted molar refractivity (Wildman–Crippen MR) is 138 cm³/mol. The third-order valence-corrected chi connectivity index (χ3v) is 8.51. The monoisotopic (exact) mass is 491 g/mol. The van der Waals surface area contributed by atoms with Gasteiger partial charge in [-0.15, -0.1) is 21.5 Å². The fourth-order valence-electron chi connectivity index (χ4n) is 4.85. The highest BCUT2D eigenvalue weighted by Gasteiger charge is 2.20. The highest BCUT2D eigenvalue weighted by molar-refractivity contribution is 7.98. The number of nitrogens with zero attached hydrogens (tertiary/aromatic N) is 6. The second-order valence-electron chi connectivity index (χ2n) is 8.65. The van der Waals surface area contributed by atoms with Crippen molar-refractivity contribution >= 4 is 55.8 Å². The van der Waals surface area contributed by atoms with Gasteiger partial charge in [0.05, 0.1) is 22.0 Å². The number of hydrogen-bond donors (Lipinski definition) is 1. The number of benzene rings is 1. The summed E-state index contributed by atoms with van der Waals surface area (Å²) in [5, 5.41) is 11.2. The van der Waals surface area contributed by atoms with Crippen LogP contribution in [0.5, 0.6) is 0 Å². The van der Waals surface area contributed by atoms with Gasteiger partial charge in [-0.25, -0.2) is 9.97 Å². The summed E-state index contributed by atoms with van der Waals surface area (Å²) in [4.78, 5) is 25.0. The van der Waals surface area contributed by atoms with Gasteiger partial charge in [0.2, 0.25) is 5.78 Å². The van der Waals surface area contributed by atoms with E-state index < -0.39 is 0 Å². The molecule has 0 saturated heterocycles. The topological polar surface area (TPSA) is 104 Å². The van der Waals surface area contributed by atoms with Gasteiger partial charge in [-0.05, 0) is 49.8 Å². The van der Waals surface area contributed by atoms with Crippen molar-refractivity contribution < 1.29 is 0 Å². The number of hydrogen-bond acceptors (Lipinski definition) is 8. The Labute approximate surface area is 204 Å². The molecule has 6 rings (SSSR count). The Hall–Kier alpha value is -2.98. The third-order valence-electron chi connectivity index (χ3n) is 6.39. The molecule has 4 heterocycles. The lowest BCUT2D eigenvalue weighted by Crippen LogP contribution is -2.23. The maximum atomic E-state index is 13.0. The van der Waals surface area contributed by atoms with Crippen LogP contribution >= 0.6 is 23.1 Å². The van der Waals surface area contributed by atoms with Gasteiger partial charge in [-0.1, -0.05) is 37.2 Å². The summed E-state index contributed by atoms with van der Waals surface area (Å²) < 4.78 is 3.67. The molecule has 0 fully saturated rings. The lowest BCUT2D eigenvalue weighted by molar-refractivity contribution is 0.662. The highest BCUT2D eigenvalue weighted by Crippen LogP contribution is 2.37. The second-order valence-corrected chi connectivity index (χ2v) is 10.7. The van der Waals surface area contributed by atoms with E-state index in [1.807, 2.05) is 35.6 Å². The fraction of sp³-hybridized carbons (Fsp3) is 0.375. The van der Waals surface area contributed by atoms with E-state index in [0.717, 1.165) is 35.0 Å². The van der Waals surface area contributed by atoms with E-state index in [1.54, 1.807) is 15.9 Å². The summed E-state index contributed by atoms with van der Waals surface area (Å²) in [7, 11) is 0. The Balaban J connectivity index is 1.39. The molecule has 1 aromatic carbocycles. The van der Waals surface area contributed by atoms with Gasteiger partial charge in [0.1, 0.15) is 16.5 Å². The number of thiophene rings is 1. The summed E-state index contributed by atoms with van der Waals surface area (Å²) in [6.07, 6.45) is 6.71. The molecular weight excluding hydrogens is 466 g/mol. The third kappa shape index (κ3) is 3.47. The SMILES string of the molecule is CCCn1c(=O)c2ccccc2n2c(SCc3nc(N)c4c5c(sc4n3)CCCCC5)nnc12. The first-order valence-electron chi connectivity index (χ1n) is 11.7. The summed E-state index contributed by atoms with van der Waals surface area (Å²) in [6, 6.07) is 7.61. The van der Waals surface area contributed by atoms with E-state index in [4.69, 9.17) is 10.7 Å². The summed E-state index contributed by atoms with van der Waals surface area (Å²) in [5.74, 6) is 2.35. The van der Waals surface area contributed by atoms with Crippen molar-refractivity contribution in [2.24, 2.45) is 0 Å². The number of fused-ring (bicyclic) bond motifs is 6. The Morgan fingerprint density at radius 2 is 1.97 bits per heavy atom. The lowest BCUT2D eigenvalue weighted by atomic mass is 10.1. The Bertz CT molecular complexity index is 1600. The van der Waals surface area contributed by atoms with E-state index in [2.05, 4.69) is 15.2 Å². The van der Waals surface area contributed by atoms with Crippen molar-refractivity contribution in [3.8, 4) is 0 Å². The van der Waals surface area contributed by atoms with Crippen molar-refractivity contribution in [3.63, 3.8) is 0 Å². The summed E-state index contributed by atoms with van der Waals surface area (Å²) in [6.45, 7) is 2.64. The molecular formula is C24H25N7OS2. The van der Waals surface area contributed by atoms with Gasteiger partial charge in [-0.3, -0.25) is 13.8 Å². The van der Waals surface area contributed by atoms with Gasteiger partial charge in [0.25, 0.3) is 5.56 Å². The minimum absolute atomic E-state index is 0.0343. The molecule has 0 atom stereocenters. The number of thioether (sulfide) groups is 1. The number of nitrogen functional groups attached to an aromatic ring is 1. The molecule has 0 radical (unpaired) electrons. The van der Waals surface area contributed by atoms with Crippen LogP contribution in [0.25, 0.3) is 26.9 Å². The molecule has 8 nitrogen and oxygen atoms in total. The molecule has 5 aromatic rings. The molecule has 10 heteroatoms. The Morgan fingerprint density at radius 1 is 1.12 bits per heavy atom. The van der Waals surface area contributed by atoms with Crippen LogP contribution in [0.1, 0.15) is 48.9 Å². The zero-order valence-electron chi connectivity index (χ0n) is 19.0. The molecule has 0 aliphatic heterocycles. The second kappa shape index (κ2) is 8.66. The van der Waals surface area contributed by atoms with Crippen molar-refractivity contribution in [2.45, 2.75) is 62.9 Å². The van der Waals surface area contributed by atoms with Crippen LogP contribution in [0.15, 0.2) is 34.2 Å². The number of nitrogens with two attached hydrogens (primary N) is 1. The molecule has 4 aromatic heterocycles. The average Bonchev–Trinajstić information content (AvgIpc) is 3.34. The van der Waals surface area contributed by atoms with Crippen LogP contribution in [0.4, 0.5) is 5.82 Å². The minimum atomic E-state index is -0.0343. The highest BCUT2D eigenvalue weighted by atomic mass is 32.2. The molecule has 1 aliphatic carbocycles. The van der Waals surface area contributed by atoms with Crippen LogP contribution in [0.2, 0.25) is 0 Å². The molecule has 0 saturated carbocycles. The maximum absolute atomic E-state index is 13.0. The largest absolute Gasteiger partial charge is 0.383 e. The normalized spacial score (nSPS) is 14.1. The zero-order valence-corrected chi connectivity index (χ0v) is 20.6. The first-order valence-corrected chi connectivity index (χ1v) is 13.5. The van der Waals surface area contributed by atoms with E-state index in [0.29, 0.717) is 40.3 Å². The molecule has 0 unspecified atom stereocenters. The molecule has 0 spiro atoms. The lowest BCUT2D eigenvalue weighted by Gasteiger charge is -2.10. The number of aromatic nitrogens is 6. The number of rotatable bonds is 5. The number of para-hydroxylation sites is 1. The average molecular weight is 492 g/mol. The van der Waals surface area contributed by atoms with Crippen molar-refractivity contribution in [1.82, 2.24) is 29.1 Å². The van der Waals surface area contributed by atoms with Crippen LogP contribution in [0, 0.1) is 0 Å². The Kier molecular flexibility index (Phi) is 5.49. The van der Waals surface area contributed by atoms with Gasteiger partial charge in [-0.2, -0.15) is 0 Å². The predicted octanol–water partition coefficient (Wildman–Crippen LogP) is 4.60. The van der Waals surface area contributed by atoms with Gasteiger partial charge in [0.15, 0.2) is 5.16 Å². The van der Waals surface area contributed by atoms with Crippen LogP contribution < -0.4 is 11.3 Å². The van der Waals surface area contributed by atoms with Gasteiger partial charge in [0, 0.05) is 11.4 Å². The fourth-order valence-corrected chi connectivity index (χ4v) is 6.94. The Morgan fingerprint density at radius 3 is 2.85 bits per heavy atom. The van der Waals surface area contributed by atoms with Crippen LogP contribution in [0.3, 0.4) is 0 Å². The van der Waals surface area contributed by atoms with Crippen molar-refractivity contribution in [1.29, 1.82) is 0 Å². The van der Waals surface area contributed by atoms with E-state index in [-0.39, 0.29) is 5.56 Å². The molecule has 2 N–H and O–H groups in total. The molecule has 1 aliphatic rings. The quantitative estimate of drug-likeness (QED) is 0.283. The summed E-state index contributed by atoms with van der Waals surface area (Å²) >= 11 is 3.28. The zero-order chi connectivity index (χ0) is 23.2. The van der Waals surface area contributed by atoms with E-state index in [1.165, 1.54) is 41.5 Å². The number of aryl methyl sites for hydroxylation is 3. The van der Waals surface area contributed by atoms with E-state index in [9.17, 15) is 4.79 Å². The molecule has 34 heavy (non-hydrogen) atoms. The molecule has 0 amide bonds. The van der Waals surface area contributed by atoms with Gasteiger partial charge < -0.3 is 5.73 Å².